The van der Waals surface area contributed by atoms with E-state index in [1.165, 1.54) is 70.3 Å². The van der Waals surface area contributed by atoms with E-state index in [1.54, 1.807) is 11.9 Å². The lowest BCUT2D eigenvalue weighted by Crippen LogP contribution is -2.28. The Balaban J connectivity index is 1.63. The molecule has 0 bridgehead atoms. The molecule has 0 aromatic rings. The highest BCUT2D eigenvalue weighted by atomic mass is 16.5. The minimum atomic E-state index is -0.0448. The molecule has 1 unspecified atom stereocenters. The highest BCUT2D eigenvalue weighted by Gasteiger charge is 2.28. The summed E-state index contributed by atoms with van der Waals surface area (Å²) in [6.07, 6.45) is 18.7. The van der Waals surface area contributed by atoms with E-state index in [0.29, 0.717) is 13.2 Å². The van der Waals surface area contributed by atoms with Crippen molar-refractivity contribution in [2.45, 2.75) is 77.6 Å². The Bertz CT molecular complexity index is 463. The van der Waals surface area contributed by atoms with Crippen molar-refractivity contribution < 1.29 is 9.53 Å². The summed E-state index contributed by atoms with van der Waals surface area (Å²) < 4.78 is 5.89. The van der Waals surface area contributed by atoms with Crippen molar-refractivity contribution in [2.75, 3.05) is 20.2 Å². The van der Waals surface area contributed by atoms with Crippen molar-refractivity contribution in [3.63, 3.8) is 0 Å². The van der Waals surface area contributed by atoms with Gasteiger partial charge in [0.25, 0.3) is 0 Å². The minimum Gasteiger partial charge on any atom is -0.496 e. The third-order valence-corrected chi connectivity index (χ3v) is 6.45. The Morgan fingerprint density at radius 3 is 2.62 bits per heavy atom. The Morgan fingerprint density at radius 1 is 1.23 bits per heavy atom. The molecule has 0 spiro atoms. The lowest BCUT2D eigenvalue weighted by Gasteiger charge is -2.35. The molecule has 2 rings (SSSR count). The second kappa shape index (κ2) is 11.5. The predicted molar refractivity (Wildman–Crippen MR) is 109 cm³/mol. The molecule has 0 N–H and O–H groups in total. The fraction of sp³-hybridized carbons (Fsp3) is 0.783. The molecule has 1 fully saturated rings. The summed E-state index contributed by atoms with van der Waals surface area (Å²) >= 11 is 0. The third kappa shape index (κ3) is 6.81. The summed E-state index contributed by atoms with van der Waals surface area (Å²) in [4.78, 5) is 13.1. The summed E-state index contributed by atoms with van der Waals surface area (Å²) in [7, 11) is 1.79. The molecule has 2 aliphatic carbocycles. The summed E-state index contributed by atoms with van der Waals surface area (Å²) in [5.74, 6) is 3.90. The Hall–Kier alpha value is -1.25. The van der Waals surface area contributed by atoms with Crippen LogP contribution in [-0.2, 0) is 9.53 Å². The van der Waals surface area contributed by atoms with Gasteiger partial charge in [-0.25, -0.2) is 0 Å². The average Bonchev–Trinajstić information content (AvgIpc) is 2.68. The number of unbranched alkanes of at least 4 members (excludes halogenated alkanes) is 2. The zero-order chi connectivity index (χ0) is 18.8. The number of carbonyl (C=O) groups is 1. The maximum atomic E-state index is 11.4. The maximum absolute atomic E-state index is 11.4. The zero-order valence-electron chi connectivity index (χ0n) is 17.0. The van der Waals surface area contributed by atoms with Crippen molar-refractivity contribution in [2.24, 2.45) is 17.8 Å². The van der Waals surface area contributed by atoms with Crippen molar-refractivity contribution in [1.29, 1.82) is 0 Å². The molecular formula is C23H39NO2. The average molecular weight is 362 g/mol. The zero-order valence-corrected chi connectivity index (χ0v) is 17.0. The smallest absolute Gasteiger partial charge is 0.245 e. The second-order valence-corrected chi connectivity index (χ2v) is 8.29. The molecule has 148 valence electrons. The number of nitrogens with zero attached hydrogens (tertiary/aromatic N) is 1. The molecule has 0 heterocycles. The Morgan fingerprint density at radius 2 is 2.00 bits per heavy atom. The Labute approximate surface area is 160 Å². The van der Waals surface area contributed by atoms with Crippen LogP contribution in [0.15, 0.2) is 24.5 Å². The first kappa shape index (κ1) is 21.1. The van der Waals surface area contributed by atoms with Crippen LogP contribution in [-0.4, -0.2) is 31.0 Å². The van der Waals surface area contributed by atoms with Gasteiger partial charge in [0.1, 0.15) is 6.61 Å². The van der Waals surface area contributed by atoms with Gasteiger partial charge in [0.15, 0.2) is 0 Å². The summed E-state index contributed by atoms with van der Waals surface area (Å²) in [5.41, 5.74) is 0. The van der Waals surface area contributed by atoms with Gasteiger partial charge in [0.05, 0.1) is 12.3 Å². The van der Waals surface area contributed by atoms with E-state index in [9.17, 15) is 4.79 Å². The van der Waals surface area contributed by atoms with E-state index in [2.05, 4.69) is 19.6 Å². The molecular weight excluding hydrogens is 322 g/mol. The first-order chi connectivity index (χ1) is 12.6. The van der Waals surface area contributed by atoms with Crippen molar-refractivity contribution in [3.05, 3.63) is 24.5 Å². The van der Waals surface area contributed by atoms with E-state index in [4.69, 9.17) is 4.74 Å². The fourth-order valence-corrected chi connectivity index (χ4v) is 4.60. The van der Waals surface area contributed by atoms with E-state index in [0.717, 1.165) is 29.9 Å². The molecule has 0 aromatic heterocycles. The molecule has 0 saturated heterocycles. The van der Waals surface area contributed by atoms with Crippen LogP contribution in [0.1, 0.15) is 77.6 Å². The van der Waals surface area contributed by atoms with Gasteiger partial charge < -0.3 is 9.64 Å². The van der Waals surface area contributed by atoms with E-state index in [-0.39, 0.29) is 5.91 Å². The Kier molecular flexibility index (Phi) is 9.28. The van der Waals surface area contributed by atoms with E-state index < -0.39 is 0 Å². The van der Waals surface area contributed by atoms with Gasteiger partial charge in [-0.2, -0.15) is 0 Å². The SMILES string of the molecule is C=CC(=O)N(C)CCOC1=CCC(C2CCC(CCCCC)CC2)CC1. The largest absolute Gasteiger partial charge is 0.496 e. The van der Waals surface area contributed by atoms with Crippen molar-refractivity contribution in [1.82, 2.24) is 4.90 Å². The molecule has 1 atom stereocenters. The molecule has 3 heteroatoms. The van der Waals surface area contributed by atoms with Crippen molar-refractivity contribution >= 4 is 5.91 Å². The summed E-state index contributed by atoms with van der Waals surface area (Å²) in [6.45, 7) is 7.01. The molecule has 0 radical (unpaired) electrons. The topological polar surface area (TPSA) is 29.5 Å². The molecule has 3 nitrogen and oxygen atoms in total. The number of hydrogen-bond donors (Lipinski definition) is 0. The normalized spacial score (nSPS) is 26.1. The van der Waals surface area contributed by atoms with Gasteiger partial charge in [0.2, 0.25) is 5.91 Å². The van der Waals surface area contributed by atoms with Crippen LogP contribution in [0, 0.1) is 17.8 Å². The van der Waals surface area contributed by atoms with E-state index >= 15 is 0 Å². The number of likely N-dealkylation sites (N-methyl/N-ethyl adjacent to an activating group) is 1. The molecule has 0 aromatic carbocycles. The van der Waals surface area contributed by atoms with Gasteiger partial charge in [-0.15, -0.1) is 0 Å². The molecule has 2 aliphatic rings. The van der Waals surface area contributed by atoms with Crippen LogP contribution < -0.4 is 0 Å². The lowest BCUT2D eigenvalue weighted by atomic mass is 9.71. The van der Waals surface area contributed by atoms with Crippen LogP contribution in [0.5, 0.6) is 0 Å². The first-order valence-corrected chi connectivity index (χ1v) is 10.8. The van der Waals surface area contributed by atoms with E-state index in [1.807, 2.05) is 0 Å². The molecule has 26 heavy (non-hydrogen) atoms. The molecule has 1 amide bonds. The van der Waals surface area contributed by atoms with Gasteiger partial charge in [-0.1, -0.05) is 52.0 Å². The van der Waals surface area contributed by atoms with Crippen LogP contribution in [0.3, 0.4) is 0 Å². The van der Waals surface area contributed by atoms with Crippen LogP contribution in [0.2, 0.25) is 0 Å². The van der Waals surface area contributed by atoms with Crippen LogP contribution in [0.25, 0.3) is 0 Å². The standard InChI is InChI=1S/C23H39NO2/c1-4-6-7-8-19-9-11-20(12-10-19)21-13-15-22(16-14-21)26-18-17-24(3)23(25)5-2/h5,15,19-21H,2,4,6-14,16-18H2,1,3H3. The van der Waals surface area contributed by atoms with Gasteiger partial charge >= 0.3 is 0 Å². The molecule has 0 aliphatic heterocycles. The summed E-state index contributed by atoms with van der Waals surface area (Å²) in [6, 6.07) is 0. The van der Waals surface area contributed by atoms with Gasteiger partial charge in [0, 0.05) is 13.5 Å². The maximum Gasteiger partial charge on any atom is 0.245 e. The highest BCUT2D eigenvalue weighted by molar-refractivity contribution is 5.86. The number of ether oxygens (including phenoxy) is 1. The molecule has 1 saturated carbocycles. The predicted octanol–water partition coefficient (Wildman–Crippen LogP) is 5.72. The monoisotopic (exact) mass is 361 g/mol. The number of hydrogen-bond acceptors (Lipinski definition) is 2. The van der Waals surface area contributed by atoms with Gasteiger partial charge in [-0.05, 0) is 55.6 Å². The number of rotatable bonds is 10. The number of amides is 1. The number of allylic oxidation sites excluding steroid dienone is 2. The highest BCUT2D eigenvalue weighted by Crippen LogP contribution is 2.40. The third-order valence-electron chi connectivity index (χ3n) is 6.45. The lowest BCUT2D eigenvalue weighted by molar-refractivity contribution is -0.125. The number of carbonyl (C=O) groups excluding carboxylic acids is 1. The fourth-order valence-electron chi connectivity index (χ4n) is 4.60. The van der Waals surface area contributed by atoms with Gasteiger partial charge in [-0.3, -0.25) is 4.79 Å². The minimum absolute atomic E-state index is 0.0448. The van der Waals surface area contributed by atoms with Crippen LogP contribution in [0.4, 0.5) is 0 Å². The van der Waals surface area contributed by atoms with Crippen molar-refractivity contribution in [3.8, 4) is 0 Å². The quantitative estimate of drug-likeness (QED) is 0.368. The first-order valence-electron chi connectivity index (χ1n) is 10.8. The summed E-state index contributed by atoms with van der Waals surface area (Å²) in [5, 5.41) is 0. The van der Waals surface area contributed by atoms with Crippen LogP contribution >= 0.6 is 0 Å². The second-order valence-electron chi connectivity index (χ2n) is 8.29.